The molecule has 0 spiro atoms. The molecule has 2 aromatic heterocycles. The van der Waals surface area contributed by atoms with E-state index in [-0.39, 0.29) is 0 Å². The lowest BCUT2D eigenvalue weighted by Gasteiger charge is -2.24. The summed E-state index contributed by atoms with van der Waals surface area (Å²) < 4.78 is 0. The van der Waals surface area contributed by atoms with E-state index in [2.05, 4.69) is 278 Å². The molecule has 2 heteroatoms. The smallest absolute Gasteiger partial charge is 0.0708 e. The third kappa shape index (κ3) is 9.46. The van der Waals surface area contributed by atoms with Gasteiger partial charge in [0.25, 0.3) is 0 Å². The molecule has 0 amide bonds. The molecule has 10 aromatic carbocycles. The summed E-state index contributed by atoms with van der Waals surface area (Å²) in [6.07, 6.45) is 5.67. The van der Waals surface area contributed by atoms with E-state index in [1.165, 1.54) is 94.6 Å². The molecule has 0 unspecified atom stereocenters. The van der Waals surface area contributed by atoms with Gasteiger partial charge in [-0.1, -0.05) is 255 Å². The predicted octanol–water partition coefficient (Wildman–Crippen LogP) is 18.8. The van der Waals surface area contributed by atoms with E-state index < -0.39 is 0 Å². The zero-order valence-electron chi connectivity index (χ0n) is 39.8. The van der Waals surface area contributed by atoms with Gasteiger partial charge in [-0.05, 0) is 125 Å². The Morgan fingerprint density at radius 2 is 0.472 bits per heavy atom. The molecule has 340 valence electrons. The zero-order chi connectivity index (χ0) is 48.3. The number of pyridine rings is 2. The molecule has 0 aliphatic carbocycles. The summed E-state index contributed by atoms with van der Waals surface area (Å²) in [5.41, 5.74) is 23.6. The summed E-state index contributed by atoms with van der Waals surface area (Å²) in [6, 6.07) is 101. The Bertz CT molecular complexity index is 3200. The first-order valence-electron chi connectivity index (χ1n) is 24.5. The van der Waals surface area contributed by atoms with E-state index >= 15 is 0 Å². The Hall–Kier alpha value is -9.50. The molecule has 2 heterocycles. The van der Waals surface area contributed by atoms with Gasteiger partial charge in [-0.15, -0.1) is 0 Å². The van der Waals surface area contributed by atoms with E-state index in [4.69, 9.17) is 4.98 Å². The molecule has 0 saturated heterocycles. The molecule has 12 aromatic rings. The number of hydrogen-bond acceptors (Lipinski definition) is 2. The van der Waals surface area contributed by atoms with Crippen LogP contribution in [0.5, 0.6) is 0 Å². The van der Waals surface area contributed by atoms with Crippen LogP contribution >= 0.6 is 0 Å². The first-order valence-corrected chi connectivity index (χ1v) is 24.5. The average Bonchev–Trinajstić information content (AvgIpc) is 3.48. The van der Waals surface area contributed by atoms with E-state index in [0.717, 1.165) is 16.8 Å². The molecule has 72 heavy (non-hydrogen) atoms. The highest BCUT2D eigenvalue weighted by Crippen LogP contribution is 2.52. The number of aromatic nitrogens is 2. The molecule has 0 aliphatic rings. The van der Waals surface area contributed by atoms with Crippen LogP contribution in [0.3, 0.4) is 0 Å². The van der Waals surface area contributed by atoms with Crippen molar-refractivity contribution in [3.8, 4) is 111 Å². The van der Waals surface area contributed by atoms with Gasteiger partial charge in [0.1, 0.15) is 0 Å². The van der Waals surface area contributed by atoms with Crippen molar-refractivity contribution in [3.63, 3.8) is 0 Å². The van der Waals surface area contributed by atoms with Gasteiger partial charge < -0.3 is 0 Å². The highest BCUT2D eigenvalue weighted by Gasteiger charge is 2.25. The van der Waals surface area contributed by atoms with Crippen LogP contribution in [-0.2, 0) is 0 Å². The van der Waals surface area contributed by atoms with E-state index in [0.29, 0.717) is 0 Å². The van der Waals surface area contributed by atoms with Gasteiger partial charge in [0.2, 0.25) is 0 Å². The minimum Gasteiger partial charge on any atom is -0.264 e. The van der Waals surface area contributed by atoms with Crippen LogP contribution in [0.15, 0.2) is 304 Å². The fourth-order valence-corrected chi connectivity index (χ4v) is 9.94. The normalized spacial score (nSPS) is 10.8. The first kappa shape index (κ1) is 45.0. The van der Waals surface area contributed by atoms with Crippen molar-refractivity contribution < 1.29 is 0 Å². The standard InChI is InChI=1S/2C35H25N/c1-5-15-26(16-6-1)30-25-31(32-23-13-14-24-36-32)34(28-19-9-3-10-20-28)35(29-21-11-4-12-22-29)33(30)27-17-7-2-8-18-27;1-5-14-26(15-6-1)31-24-32(30-22-13-23-36-25-30)34(28-18-9-3-10-19-28)35(29-20-11-4-12-21-29)33(31)27-16-7-2-8-17-27/h2*1-25H. The maximum Gasteiger partial charge on any atom is 0.0708 e. The summed E-state index contributed by atoms with van der Waals surface area (Å²) in [5, 5.41) is 0. The van der Waals surface area contributed by atoms with Crippen molar-refractivity contribution in [3.05, 3.63) is 304 Å². The predicted molar refractivity (Wildman–Crippen MR) is 303 cm³/mol. The Morgan fingerprint density at radius 1 is 0.194 bits per heavy atom. The summed E-state index contributed by atoms with van der Waals surface area (Å²) in [7, 11) is 0. The van der Waals surface area contributed by atoms with Gasteiger partial charge >= 0.3 is 0 Å². The van der Waals surface area contributed by atoms with Crippen LogP contribution in [0.1, 0.15) is 0 Å². The second kappa shape index (κ2) is 21.4. The van der Waals surface area contributed by atoms with Crippen LogP contribution < -0.4 is 0 Å². The Kier molecular flexibility index (Phi) is 13.4. The highest BCUT2D eigenvalue weighted by molar-refractivity contribution is 6.08. The molecule has 0 fully saturated rings. The maximum atomic E-state index is 4.81. The number of rotatable bonds is 10. The van der Waals surface area contributed by atoms with Gasteiger partial charge in [0, 0.05) is 29.7 Å². The van der Waals surface area contributed by atoms with Crippen LogP contribution in [0.2, 0.25) is 0 Å². The summed E-state index contributed by atoms with van der Waals surface area (Å²) in [6.45, 7) is 0. The SMILES string of the molecule is c1ccc(-c2cc(-c3ccccn3)c(-c3ccccc3)c(-c3ccccc3)c2-c2ccccc2)cc1.c1ccc(-c2cc(-c3cccnc3)c(-c3ccccc3)c(-c3ccccc3)c2-c2ccccc2)cc1. The second-order valence-corrected chi connectivity index (χ2v) is 17.6. The van der Waals surface area contributed by atoms with E-state index in [1.807, 2.05) is 30.7 Å². The molecule has 2 nitrogen and oxygen atoms in total. The lowest BCUT2D eigenvalue weighted by Crippen LogP contribution is -1.98. The molecule has 0 atom stereocenters. The van der Waals surface area contributed by atoms with Gasteiger partial charge in [0.15, 0.2) is 0 Å². The van der Waals surface area contributed by atoms with Gasteiger partial charge in [-0.2, -0.15) is 0 Å². The molecule has 0 aliphatic heterocycles. The quantitative estimate of drug-likeness (QED) is 0.137. The summed E-state index contributed by atoms with van der Waals surface area (Å²) >= 11 is 0. The second-order valence-electron chi connectivity index (χ2n) is 17.6. The van der Waals surface area contributed by atoms with Crippen molar-refractivity contribution in [1.82, 2.24) is 9.97 Å². The lowest BCUT2D eigenvalue weighted by molar-refractivity contribution is 1.33. The van der Waals surface area contributed by atoms with Crippen LogP contribution in [0.25, 0.3) is 111 Å². The van der Waals surface area contributed by atoms with Crippen LogP contribution in [0, 0.1) is 0 Å². The minimum absolute atomic E-state index is 0.963. The monoisotopic (exact) mass is 918 g/mol. The van der Waals surface area contributed by atoms with Crippen molar-refractivity contribution in [1.29, 1.82) is 0 Å². The Morgan fingerprint density at radius 3 is 0.792 bits per heavy atom. The zero-order valence-corrected chi connectivity index (χ0v) is 39.8. The molecular formula is C70H50N2. The first-order chi connectivity index (χ1) is 35.8. The van der Waals surface area contributed by atoms with E-state index in [9.17, 15) is 0 Å². The summed E-state index contributed by atoms with van der Waals surface area (Å²) in [5.74, 6) is 0. The number of hydrogen-bond donors (Lipinski definition) is 0. The maximum absolute atomic E-state index is 4.81. The fraction of sp³-hybridized carbons (Fsp3) is 0. The van der Waals surface area contributed by atoms with Gasteiger partial charge in [-0.3, -0.25) is 9.97 Å². The third-order valence-electron chi connectivity index (χ3n) is 13.1. The lowest BCUT2D eigenvalue weighted by atomic mass is 9.79. The number of nitrogens with zero attached hydrogens (tertiary/aromatic N) is 2. The molecular weight excluding hydrogens is 869 g/mol. The molecule has 12 rings (SSSR count). The summed E-state index contributed by atoms with van der Waals surface area (Å²) in [4.78, 5) is 9.29. The molecule has 0 N–H and O–H groups in total. The van der Waals surface area contributed by atoms with Crippen molar-refractivity contribution >= 4 is 0 Å². The molecule has 0 bridgehead atoms. The van der Waals surface area contributed by atoms with E-state index in [1.54, 1.807) is 0 Å². The Balaban J connectivity index is 0.000000156. The topological polar surface area (TPSA) is 25.8 Å². The van der Waals surface area contributed by atoms with Crippen molar-refractivity contribution in [2.45, 2.75) is 0 Å². The third-order valence-corrected chi connectivity index (χ3v) is 13.1. The van der Waals surface area contributed by atoms with Crippen LogP contribution in [0.4, 0.5) is 0 Å². The minimum atomic E-state index is 0.963. The molecule has 0 saturated carbocycles. The van der Waals surface area contributed by atoms with Crippen molar-refractivity contribution in [2.75, 3.05) is 0 Å². The van der Waals surface area contributed by atoms with Gasteiger partial charge in [0.05, 0.1) is 5.69 Å². The van der Waals surface area contributed by atoms with Crippen molar-refractivity contribution in [2.24, 2.45) is 0 Å². The Labute approximate surface area is 423 Å². The van der Waals surface area contributed by atoms with Gasteiger partial charge in [-0.25, -0.2) is 0 Å². The average molecular weight is 919 g/mol. The highest BCUT2D eigenvalue weighted by atomic mass is 14.7. The number of benzene rings is 10. The van der Waals surface area contributed by atoms with Crippen LogP contribution in [-0.4, -0.2) is 9.97 Å². The largest absolute Gasteiger partial charge is 0.264 e. The molecule has 0 radical (unpaired) electrons. The fourth-order valence-electron chi connectivity index (χ4n) is 9.94.